The second-order valence-corrected chi connectivity index (χ2v) is 8.25. The minimum Gasteiger partial charge on any atom is -0.338 e. The van der Waals surface area contributed by atoms with Gasteiger partial charge in [-0.2, -0.15) is 0 Å². The summed E-state index contributed by atoms with van der Waals surface area (Å²) in [5, 5.41) is 0. The zero-order valence-corrected chi connectivity index (χ0v) is 14.2. The molecule has 0 saturated carbocycles. The summed E-state index contributed by atoms with van der Waals surface area (Å²) < 4.78 is 23.6. The van der Waals surface area contributed by atoms with Crippen LogP contribution in [0, 0.1) is 12.8 Å². The number of nitrogens with zero attached hydrogens (tertiary/aromatic N) is 1. The highest BCUT2D eigenvalue weighted by Crippen LogP contribution is 2.22. The van der Waals surface area contributed by atoms with Crippen molar-refractivity contribution in [1.82, 2.24) is 4.90 Å². The molecule has 2 N–H and O–H groups in total. The van der Waals surface area contributed by atoms with Crippen LogP contribution in [0.2, 0.25) is 0 Å². The maximum absolute atomic E-state index is 12.6. The van der Waals surface area contributed by atoms with Crippen LogP contribution in [0.15, 0.2) is 23.1 Å². The lowest BCUT2D eigenvalue weighted by atomic mass is 9.92. The van der Waals surface area contributed by atoms with Crippen molar-refractivity contribution in [3.8, 4) is 0 Å². The summed E-state index contributed by atoms with van der Waals surface area (Å²) >= 11 is 0. The Balaban J connectivity index is 2.26. The molecule has 2 rings (SSSR count). The molecule has 1 aliphatic rings. The Morgan fingerprint density at radius 1 is 1.41 bits per heavy atom. The Bertz CT molecular complexity index is 668. The number of amides is 1. The van der Waals surface area contributed by atoms with Gasteiger partial charge in [-0.25, -0.2) is 8.42 Å². The van der Waals surface area contributed by atoms with Gasteiger partial charge in [0.05, 0.1) is 4.90 Å². The number of rotatable bonds is 3. The maximum Gasteiger partial charge on any atom is 0.253 e. The van der Waals surface area contributed by atoms with E-state index in [0.29, 0.717) is 30.1 Å². The van der Waals surface area contributed by atoms with Crippen molar-refractivity contribution < 1.29 is 13.2 Å². The molecule has 1 saturated heterocycles. The number of nitrogens with two attached hydrogens (primary N) is 1. The highest BCUT2D eigenvalue weighted by molar-refractivity contribution is 7.90. The predicted octanol–water partition coefficient (Wildman–Crippen LogP) is 1.60. The third-order valence-electron chi connectivity index (χ3n) is 4.32. The summed E-state index contributed by atoms with van der Waals surface area (Å²) in [6.07, 6.45) is 3.13. The fraction of sp³-hybridized carbons (Fsp3) is 0.562. The van der Waals surface area contributed by atoms with E-state index in [0.717, 1.165) is 19.1 Å². The first-order chi connectivity index (χ1) is 10.2. The number of piperidine rings is 1. The molecule has 0 radical (unpaired) electrons. The van der Waals surface area contributed by atoms with Gasteiger partial charge in [-0.15, -0.1) is 0 Å². The number of sulfone groups is 1. The molecule has 1 aromatic rings. The van der Waals surface area contributed by atoms with E-state index in [1.807, 2.05) is 6.92 Å². The van der Waals surface area contributed by atoms with Gasteiger partial charge in [-0.3, -0.25) is 4.79 Å². The molecular formula is C16H24N2O3S. The Labute approximate surface area is 132 Å². The van der Waals surface area contributed by atoms with Crippen LogP contribution in [0.1, 0.15) is 35.7 Å². The predicted molar refractivity (Wildman–Crippen MR) is 86.6 cm³/mol. The van der Waals surface area contributed by atoms with E-state index < -0.39 is 9.84 Å². The van der Waals surface area contributed by atoms with Crippen LogP contribution >= 0.6 is 0 Å². The molecule has 1 fully saturated rings. The van der Waals surface area contributed by atoms with Crippen molar-refractivity contribution >= 4 is 15.7 Å². The highest BCUT2D eigenvalue weighted by atomic mass is 32.2. The Hall–Kier alpha value is -1.40. The molecule has 6 heteroatoms. The van der Waals surface area contributed by atoms with E-state index in [4.69, 9.17) is 5.73 Å². The fourth-order valence-corrected chi connectivity index (χ4v) is 3.93. The lowest BCUT2D eigenvalue weighted by Crippen LogP contribution is -2.45. The van der Waals surface area contributed by atoms with Crippen LogP contribution in [-0.4, -0.2) is 44.6 Å². The van der Waals surface area contributed by atoms with Gasteiger partial charge < -0.3 is 10.6 Å². The van der Waals surface area contributed by atoms with Crippen LogP contribution in [0.25, 0.3) is 0 Å². The average Bonchev–Trinajstić information content (AvgIpc) is 2.46. The molecule has 0 spiro atoms. The van der Waals surface area contributed by atoms with Gasteiger partial charge in [0.25, 0.3) is 5.91 Å². The van der Waals surface area contributed by atoms with Crippen LogP contribution in [-0.2, 0) is 9.84 Å². The smallest absolute Gasteiger partial charge is 0.253 e. The van der Waals surface area contributed by atoms with E-state index in [1.165, 1.54) is 6.07 Å². The van der Waals surface area contributed by atoms with Crippen LogP contribution in [0.5, 0.6) is 0 Å². The summed E-state index contributed by atoms with van der Waals surface area (Å²) in [5.74, 6) is 0.188. The van der Waals surface area contributed by atoms with Gasteiger partial charge in [0.2, 0.25) is 0 Å². The first-order valence-electron chi connectivity index (χ1n) is 7.55. The summed E-state index contributed by atoms with van der Waals surface area (Å²) in [4.78, 5) is 14.7. The second kappa shape index (κ2) is 6.38. The molecular weight excluding hydrogens is 300 g/mol. The highest BCUT2D eigenvalue weighted by Gasteiger charge is 2.27. The van der Waals surface area contributed by atoms with Gasteiger partial charge in [0.15, 0.2) is 9.84 Å². The van der Waals surface area contributed by atoms with E-state index in [2.05, 4.69) is 0 Å². The summed E-state index contributed by atoms with van der Waals surface area (Å²) in [6, 6.07) is 4.93. The Morgan fingerprint density at radius 2 is 2.09 bits per heavy atom. The molecule has 1 amide bonds. The van der Waals surface area contributed by atoms with E-state index >= 15 is 0 Å². The molecule has 1 aromatic carbocycles. The Kier molecular flexibility index (Phi) is 4.92. The molecule has 122 valence electrons. The first-order valence-corrected chi connectivity index (χ1v) is 9.45. The molecule has 5 nitrogen and oxygen atoms in total. The molecule has 1 heterocycles. The van der Waals surface area contributed by atoms with Gasteiger partial charge in [0, 0.05) is 31.0 Å². The SMILES string of the molecule is Cc1ccc(C(=O)N2CCC[C@H]([C@H](C)N)C2)cc1S(C)(=O)=O. The molecule has 0 bridgehead atoms. The number of likely N-dealkylation sites (tertiary alicyclic amines) is 1. The number of carbonyl (C=O) groups excluding carboxylic acids is 1. The normalized spacial score (nSPS) is 20.7. The van der Waals surface area contributed by atoms with Crippen molar-refractivity contribution in [2.24, 2.45) is 11.7 Å². The van der Waals surface area contributed by atoms with Crippen molar-refractivity contribution in [3.05, 3.63) is 29.3 Å². The lowest BCUT2D eigenvalue weighted by Gasteiger charge is -2.34. The molecule has 1 aliphatic heterocycles. The fourth-order valence-electron chi connectivity index (χ4n) is 2.94. The first kappa shape index (κ1) is 17.0. The van der Waals surface area contributed by atoms with Crippen LogP contribution in [0.4, 0.5) is 0 Å². The minimum absolute atomic E-state index is 0.0557. The number of aryl methyl sites for hydroxylation is 1. The molecule has 2 atom stereocenters. The second-order valence-electron chi connectivity index (χ2n) is 6.27. The summed E-state index contributed by atoms with van der Waals surface area (Å²) in [5.41, 5.74) is 7.04. The van der Waals surface area contributed by atoms with Crippen LogP contribution < -0.4 is 5.73 Å². The molecule has 22 heavy (non-hydrogen) atoms. The Morgan fingerprint density at radius 3 is 2.68 bits per heavy atom. The summed E-state index contributed by atoms with van der Waals surface area (Å²) in [7, 11) is -3.34. The van der Waals surface area contributed by atoms with Gasteiger partial charge in [-0.05, 0) is 50.3 Å². The van der Waals surface area contributed by atoms with E-state index in [9.17, 15) is 13.2 Å². The maximum atomic E-state index is 12.6. The zero-order chi connectivity index (χ0) is 16.5. The number of hydrogen-bond donors (Lipinski definition) is 1. The lowest BCUT2D eigenvalue weighted by molar-refractivity contribution is 0.0660. The topological polar surface area (TPSA) is 80.5 Å². The third kappa shape index (κ3) is 3.67. The van der Waals surface area contributed by atoms with E-state index in [-0.39, 0.29) is 16.8 Å². The molecule has 0 aromatic heterocycles. The minimum atomic E-state index is -3.34. The standard InChI is InChI=1S/C16H24N2O3S/c1-11-6-7-13(9-15(11)22(3,20)21)16(19)18-8-4-5-14(10-18)12(2)17/h6-7,9,12,14H,4-5,8,10,17H2,1-3H3/t12-,14-/m0/s1. The quantitative estimate of drug-likeness (QED) is 0.916. The van der Waals surface area contributed by atoms with Crippen molar-refractivity contribution in [3.63, 3.8) is 0 Å². The van der Waals surface area contributed by atoms with Crippen molar-refractivity contribution in [2.45, 2.75) is 37.6 Å². The van der Waals surface area contributed by atoms with E-state index in [1.54, 1.807) is 24.0 Å². The van der Waals surface area contributed by atoms with Gasteiger partial charge in [0.1, 0.15) is 0 Å². The number of hydrogen-bond acceptors (Lipinski definition) is 4. The molecule has 0 unspecified atom stereocenters. The van der Waals surface area contributed by atoms with Gasteiger partial charge >= 0.3 is 0 Å². The third-order valence-corrected chi connectivity index (χ3v) is 5.56. The summed E-state index contributed by atoms with van der Waals surface area (Å²) in [6.45, 7) is 5.03. The monoisotopic (exact) mass is 324 g/mol. The van der Waals surface area contributed by atoms with Crippen molar-refractivity contribution in [2.75, 3.05) is 19.3 Å². The van der Waals surface area contributed by atoms with Crippen LogP contribution in [0.3, 0.4) is 0 Å². The zero-order valence-electron chi connectivity index (χ0n) is 13.4. The average molecular weight is 324 g/mol. The van der Waals surface area contributed by atoms with Crippen molar-refractivity contribution in [1.29, 1.82) is 0 Å². The number of benzene rings is 1. The molecule has 0 aliphatic carbocycles. The number of carbonyl (C=O) groups is 1. The van der Waals surface area contributed by atoms with Gasteiger partial charge in [-0.1, -0.05) is 6.07 Å². The largest absolute Gasteiger partial charge is 0.338 e.